The van der Waals surface area contributed by atoms with Crippen molar-refractivity contribution in [1.82, 2.24) is 9.47 Å². The number of rotatable bonds is 9. The molecule has 0 radical (unpaired) electrons. The van der Waals surface area contributed by atoms with Crippen molar-refractivity contribution in [3.05, 3.63) is 95.3 Å². The third-order valence-electron chi connectivity index (χ3n) is 6.07. The Morgan fingerprint density at radius 3 is 2.46 bits per heavy atom. The fourth-order valence-electron chi connectivity index (χ4n) is 4.16. The number of hydrogen-bond acceptors (Lipinski definition) is 6. The number of anilines is 1. The predicted octanol–water partition coefficient (Wildman–Crippen LogP) is 5.54. The minimum atomic E-state index is -0.557. The van der Waals surface area contributed by atoms with Crippen molar-refractivity contribution in [1.29, 1.82) is 0 Å². The first-order valence-corrected chi connectivity index (χ1v) is 12.9. The molecule has 1 aliphatic heterocycles. The molecular weight excluding hydrogens is 521 g/mol. The molecule has 2 heterocycles. The molecule has 3 aromatic carbocycles. The molecule has 1 saturated heterocycles. The fraction of sp³-hybridized carbons (Fsp3) is 0.138. The summed E-state index contributed by atoms with van der Waals surface area (Å²) in [7, 11) is 1.61. The molecule has 0 saturated carbocycles. The summed E-state index contributed by atoms with van der Waals surface area (Å²) < 4.78 is 26.2. The van der Waals surface area contributed by atoms with Crippen molar-refractivity contribution in [3.8, 4) is 11.5 Å². The summed E-state index contributed by atoms with van der Waals surface area (Å²) in [6.07, 6.45) is 3.59. The van der Waals surface area contributed by atoms with Gasteiger partial charge in [-0.15, -0.1) is 0 Å². The van der Waals surface area contributed by atoms with E-state index in [-0.39, 0.29) is 4.91 Å². The second-order valence-corrected chi connectivity index (χ2v) is 9.64. The number of halogens is 1. The highest BCUT2D eigenvalue weighted by Crippen LogP contribution is 2.34. The van der Waals surface area contributed by atoms with E-state index in [9.17, 15) is 18.8 Å². The predicted molar refractivity (Wildman–Crippen MR) is 148 cm³/mol. The van der Waals surface area contributed by atoms with Gasteiger partial charge in [0.25, 0.3) is 11.1 Å². The number of imide groups is 1. The second kappa shape index (κ2) is 11.4. The maximum atomic E-state index is 13.1. The first-order valence-electron chi connectivity index (χ1n) is 12.1. The number of ether oxygens (including phenoxy) is 2. The smallest absolute Gasteiger partial charge is 0.294 e. The molecule has 10 heteroatoms. The molecule has 0 bridgehead atoms. The fourth-order valence-corrected chi connectivity index (χ4v) is 4.99. The minimum Gasteiger partial charge on any atom is -0.497 e. The van der Waals surface area contributed by atoms with Crippen LogP contribution < -0.4 is 14.8 Å². The van der Waals surface area contributed by atoms with Crippen LogP contribution >= 0.6 is 11.8 Å². The number of aromatic nitrogens is 1. The lowest BCUT2D eigenvalue weighted by molar-refractivity contribution is -0.127. The van der Waals surface area contributed by atoms with Gasteiger partial charge in [0.2, 0.25) is 5.91 Å². The molecule has 0 spiro atoms. The van der Waals surface area contributed by atoms with Crippen molar-refractivity contribution >= 4 is 51.5 Å². The largest absolute Gasteiger partial charge is 0.497 e. The van der Waals surface area contributed by atoms with E-state index in [1.54, 1.807) is 13.2 Å². The van der Waals surface area contributed by atoms with Crippen LogP contribution in [0.5, 0.6) is 11.5 Å². The van der Waals surface area contributed by atoms with E-state index in [0.717, 1.165) is 44.6 Å². The molecule has 1 aromatic heterocycles. The Labute approximate surface area is 228 Å². The maximum absolute atomic E-state index is 13.1. The first kappa shape index (κ1) is 26.1. The van der Waals surface area contributed by atoms with Crippen molar-refractivity contribution in [2.24, 2.45) is 0 Å². The highest BCUT2D eigenvalue weighted by Gasteiger charge is 2.36. The van der Waals surface area contributed by atoms with Crippen molar-refractivity contribution < 1.29 is 28.2 Å². The van der Waals surface area contributed by atoms with Crippen LogP contribution in [0.2, 0.25) is 0 Å². The summed E-state index contributed by atoms with van der Waals surface area (Å²) in [6.45, 7) is 0.541. The number of thioether (sulfide) groups is 1. The van der Waals surface area contributed by atoms with Crippen LogP contribution in [0.15, 0.2) is 83.9 Å². The van der Waals surface area contributed by atoms with Crippen molar-refractivity contribution in [2.45, 2.75) is 6.54 Å². The average molecular weight is 546 g/mol. The molecule has 0 atom stereocenters. The first-order chi connectivity index (χ1) is 18.9. The van der Waals surface area contributed by atoms with Gasteiger partial charge in [-0.25, -0.2) is 4.39 Å². The molecule has 4 aromatic rings. The zero-order valence-corrected chi connectivity index (χ0v) is 21.7. The molecule has 0 unspecified atom stereocenters. The monoisotopic (exact) mass is 545 g/mol. The molecule has 1 aliphatic rings. The normalized spacial score (nSPS) is 14.3. The molecule has 8 nitrogen and oxygen atoms in total. The van der Waals surface area contributed by atoms with Crippen molar-refractivity contribution in [3.63, 3.8) is 0 Å². The van der Waals surface area contributed by atoms with E-state index in [2.05, 4.69) is 5.32 Å². The van der Waals surface area contributed by atoms with Crippen molar-refractivity contribution in [2.75, 3.05) is 25.6 Å². The second-order valence-electron chi connectivity index (χ2n) is 8.64. The Kier molecular flexibility index (Phi) is 7.64. The lowest BCUT2D eigenvalue weighted by atomic mass is 10.1. The lowest BCUT2D eigenvalue weighted by Crippen LogP contribution is -2.36. The van der Waals surface area contributed by atoms with E-state index in [0.29, 0.717) is 18.8 Å². The quantitative estimate of drug-likeness (QED) is 0.278. The summed E-state index contributed by atoms with van der Waals surface area (Å²) in [5.74, 6) is -0.0568. The van der Waals surface area contributed by atoms with Crippen LogP contribution in [-0.4, -0.2) is 46.8 Å². The maximum Gasteiger partial charge on any atom is 0.294 e. The van der Waals surface area contributed by atoms with Gasteiger partial charge < -0.3 is 19.4 Å². The Morgan fingerprint density at radius 1 is 1.00 bits per heavy atom. The highest BCUT2D eigenvalue weighted by molar-refractivity contribution is 8.18. The van der Waals surface area contributed by atoms with Gasteiger partial charge >= 0.3 is 0 Å². The van der Waals surface area contributed by atoms with Gasteiger partial charge in [0.05, 0.1) is 18.6 Å². The van der Waals surface area contributed by atoms with Crippen LogP contribution in [0.3, 0.4) is 0 Å². The molecule has 5 rings (SSSR count). The van der Waals surface area contributed by atoms with Gasteiger partial charge in [-0.1, -0.05) is 18.2 Å². The van der Waals surface area contributed by atoms with E-state index >= 15 is 0 Å². The number of methoxy groups -OCH3 is 1. The van der Waals surface area contributed by atoms with Crippen LogP contribution in [0, 0.1) is 5.82 Å². The summed E-state index contributed by atoms with van der Waals surface area (Å²) in [5.41, 5.74) is 2.10. The number of amides is 3. The number of nitrogens with zero attached hydrogens (tertiary/aromatic N) is 2. The van der Waals surface area contributed by atoms with E-state index < -0.39 is 29.4 Å². The van der Waals surface area contributed by atoms with Crippen LogP contribution in [-0.2, 0) is 16.1 Å². The lowest BCUT2D eigenvalue weighted by Gasteiger charge is -2.12. The highest BCUT2D eigenvalue weighted by atomic mass is 32.2. The average Bonchev–Trinajstić information content (AvgIpc) is 3.42. The Morgan fingerprint density at radius 2 is 1.72 bits per heavy atom. The molecule has 39 heavy (non-hydrogen) atoms. The summed E-state index contributed by atoms with van der Waals surface area (Å²) in [5, 5.41) is 2.95. The zero-order valence-electron chi connectivity index (χ0n) is 20.9. The summed E-state index contributed by atoms with van der Waals surface area (Å²) >= 11 is 0.788. The third kappa shape index (κ3) is 5.96. The summed E-state index contributed by atoms with van der Waals surface area (Å²) in [6, 6.07) is 20.3. The third-order valence-corrected chi connectivity index (χ3v) is 6.98. The molecule has 198 valence electrons. The standard InChI is InChI=1S/C29H24FN3O5S/c1-37-22-10-12-23(13-11-22)38-15-14-32-17-19(24-4-2-3-5-25(24)32)16-26-28(35)33(29(36)39-26)18-27(34)31-21-8-6-20(30)7-9-21/h2-13,16-17H,14-15,18H2,1H3,(H,31,34)/b26-16-. The Balaban J connectivity index is 1.28. The zero-order chi connectivity index (χ0) is 27.4. The van der Waals surface area contributed by atoms with E-state index in [1.165, 1.54) is 24.3 Å². The Bertz CT molecular complexity index is 1560. The van der Waals surface area contributed by atoms with Crippen LogP contribution in [0.25, 0.3) is 17.0 Å². The number of carbonyl (C=O) groups is 3. The number of nitrogens with one attached hydrogen (secondary N) is 1. The van der Waals surface area contributed by atoms with Gasteiger partial charge in [0, 0.05) is 28.4 Å². The van der Waals surface area contributed by atoms with Gasteiger partial charge in [0.15, 0.2) is 0 Å². The van der Waals surface area contributed by atoms with Gasteiger partial charge in [-0.2, -0.15) is 0 Å². The Hall–Kier alpha value is -4.57. The van der Waals surface area contributed by atoms with E-state index in [4.69, 9.17) is 9.47 Å². The summed E-state index contributed by atoms with van der Waals surface area (Å²) in [4.78, 5) is 39.1. The molecule has 0 aliphatic carbocycles. The number of para-hydroxylation sites is 1. The number of carbonyl (C=O) groups excluding carboxylic acids is 3. The van der Waals surface area contributed by atoms with Crippen LogP contribution in [0.1, 0.15) is 5.56 Å². The number of fused-ring (bicyclic) bond motifs is 1. The van der Waals surface area contributed by atoms with Crippen LogP contribution in [0.4, 0.5) is 14.9 Å². The number of hydrogen-bond donors (Lipinski definition) is 1. The SMILES string of the molecule is COc1ccc(OCCn2cc(/C=C3\SC(=O)N(CC(=O)Nc4ccc(F)cc4)C3=O)c3ccccc32)cc1. The molecular formula is C29H24FN3O5S. The minimum absolute atomic E-state index is 0.229. The number of benzene rings is 3. The van der Waals surface area contributed by atoms with Gasteiger partial charge in [-0.05, 0) is 72.4 Å². The van der Waals surface area contributed by atoms with Gasteiger partial charge in [-0.3, -0.25) is 19.3 Å². The molecule has 1 N–H and O–H groups in total. The molecule has 1 fully saturated rings. The molecule has 3 amide bonds. The topological polar surface area (TPSA) is 89.9 Å². The van der Waals surface area contributed by atoms with E-state index in [1.807, 2.05) is 59.3 Å². The van der Waals surface area contributed by atoms with Gasteiger partial charge in [0.1, 0.15) is 30.5 Å².